The van der Waals surface area contributed by atoms with Crippen LogP contribution in [0.4, 0.5) is 0 Å². The van der Waals surface area contributed by atoms with E-state index in [0.717, 1.165) is 0 Å². The molecular weight excluding hydrogens is 316 g/mol. The van der Waals surface area contributed by atoms with Crippen molar-refractivity contribution in [1.29, 1.82) is 0 Å². The predicted molar refractivity (Wildman–Crippen MR) is 111 cm³/mol. The van der Waals surface area contributed by atoms with E-state index in [4.69, 9.17) is 12.2 Å². The van der Waals surface area contributed by atoms with Gasteiger partial charge in [-0.3, -0.25) is 9.80 Å². The molecule has 0 atom stereocenters. The first-order valence-electron chi connectivity index (χ1n) is 9.30. The van der Waals surface area contributed by atoms with E-state index in [1.807, 2.05) is 0 Å². The first kappa shape index (κ1) is 23.6. The Hall–Kier alpha value is -0.390. The van der Waals surface area contributed by atoms with E-state index in [9.17, 15) is 0 Å². The smallest absolute Gasteiger partial charge is 0.169 e. The lowest BCUT2D eigenvalue weighted by molar-refractivity contribution is 0.0292. The highest BCUT2D eigenvalue weighted by molar-refractivity contribution is 7.80. The molecule has 0 saturated heterocycles. The Morgan fingerprint density at radius 2 is 0.833 bits per heavy atom. The molecular formula is C19H42N4S. The second-order valence-corrected chi connectivity index (χ2v) is 9.29. The summed E-state index contributed by atoms with van der Waals surface area (Å²) in [5, 5.41) is 7.75. The van der Waals surface area contributed by atoms with Gasteiger partial charge in [0.1, 0.15) is 0 Å². The lowest BCUT2D eigenvalue weighted by Gasteiger charge is -2.48. The molecule has 0 spiro atoms. The Kier molecular flexibility index (Phi) is 8.67. The largest absolute Gasteiger partial charge is 0.345 e. The van der Waals surface area contributed by atoms with E-state index in [2.05, 4.69) is 104 Å². The molecule has 0 aliphatic carbocycles. The van der Waals surface area contributed by atoms with Crippen LogP contribution in [0.5, 0.6) is 0 Å². The molecule has 0 aliphatic rings. The highest BCUT2D eigenvalue weighted by Crippen LogP contribution is 2.21. The van der Waals surface area contributed by atoms with Crippen molar-refractivity contribution in [2.45, 2.75) is 119 Å². The van der Waals surface area contributed by atoms with Crippen molar-refractivity contribution < 1.29 is 0 Å². The van der Waals surface area contributed by atoms with Crippen molar-refractivity contribution >= 4 is 17.3 Å². The molecule has 0 aromatic rings. The standard InChI is InChI=1S/C19H42N4S/c1-13(2)22(14(3)4)18(9,10)20-17(24)21-19(11,12)23(15(5)6)16(7)8/h13-16H,1-12H3,(H2,20,21,24). The van der Waals surface area contributed by atoms with Crippen LogP contribution < -0.4 is 10.6 Å². The number of nitrogens with one attached hydrogen (secondary N) is 2. The van der Waals surface area contributed by atoms with Gasteiger partial charge in [0.25, 0.3) is 0 Å². The molecule has 0 unspecified atom stereocenters. The summed E-state index contributed by atoms with van der Waals surface area (Å²) in [4.78, 5) is 4.88. The van der Waals surface area contributed by atoms with Crippen molar-refractivity contribution in [3.05, 3.63) is 0 Å². The fourth-order valence-corrected chi connectivity index (χ4v) is 4.99. The second-order valence-electron chi connectivity index (χ2n) is 8.89. The molecule has 0 amide bonds. The van der Waals surface area contributed by atoms with Gasteiger partial charge in [-0.15, -0.1) is 0 Å². The van der Waals surface area contributed by atoms with Crippen molar-refractivity contribution in [3.63, 3.8) is 0 Å². The maximum absolute atomic E-state index is 5.66. The van der Waals surface area contributed by atoms with Gasteiger partial charge in [-0.05, 0) is 95.3 Å². The van der Waals surface area contributed by atoms with Crippen LogP contribution in [0.1, 0.15) is 83.1 Å². The third-order valence-corrected chi connectivity index (χ3v) is 4.56. The van der Waals surface area contributed by atoms with Crippen LogP contribution in [0.3, 0.4) is 0 Å². The van der Waals surface area contributed by atoms with Gasteiger partial charge >= 0.3 is 0 Å². The number of nitrogens with zero attached hydrogens (tertiary/aromatic N) is 2. The molecule has 5 heteroatoms. The summed E-state index contributed by atoms with van der Waals surface area (Å²) in [7, 11) is 0. The average Bonchev–Trinajstić information content (AvgIpc) is 2.21. The highest BCUT2D eigenvalue weighted by Gasteiger charge is 2.35. The molecule has 4 nitrogen and oxygen atoms in total. The number of thiocarbonyl (C=S) groups is 1. The Bertz CT molecular complexity index is 348. The van der Waals surface area contributed by atoms with Crippen molar-refractivity contribution in [3.8, 4) is 0 Å². The van der Waals surface area contributed by atoms with E-state index in [-0.39, 0.29) is 11.3 Å². The molecule has 0 fully saturated rings. The SMILES string of the molecule is CC(C)N(C(C)C)C(C)(C)NC(=S)NC(C)(C)N(C(C)C)C(C)C. The Morgan fingerprint density at radius 1 is 0.625 bits per heavy atom. The third-order valence-electron chi connectivity index (χ3n) is 4.36. The van der Waals surface area contributed by atoms with E-state index < -0.39 is 0 Å². The molecule has 0 aliphatic heterocycles. The zero-order chi connectivity index (χ0) is 19.5. The lowest BCUT2D eigenvalue weighted by Crippen LogP contribution is -2.67. The normalized spacial score (nSPS) is 13.8. The van der Waals surface area contributed by atoms with Crippen molar-refractivity contribution in [2.24, 2.45) is 0 Å². The minimum atomic E-state index is -0.219. The average molecular weight is 359 g/mol. The van der Waals surface area contributed by atoms with Crippen LogP contribution in [0.15, 0.2) is 0 Å². The van der Waals surface area contributed by atoms with Gasteiger partial charge in [0.2, 0.25) is 0 Å². The Morgan fingerprint density at radius 3 is 1.00 bits per heavy atom. The molecule has 0 saturated carbocycles. The Labute approximate surface area is 156 Å². The molecule has 0 aromatic carbocycles. The quantitative estimate of drug-likeness (QED) is 0.502. The van der Waals surface area contributed by atoms with Crippen LogP contribution in [-0.2, 0) is 0 Å². The van der Waals surface area contributed by atoms with Crippen LogP contribution in [-0.4, -0.2) is 50.4 Å². The van der Waals surface area contributed by atoms with Crippen molar-refractivity contribution in [1.82, 2.24) is 20.4 Å². The van der Waals surface area contributed by atoms with Crippen LogP contribution >= 0.6 is 12.2 Å². The molecule has 0 rings (SSSR count). The molecule has 0 bridgehead atoms. The van der Waals surface area contributed by atoms with Gasteiger partial charge in [0.05, 0.1) is 11.3 Å². The zero-order valence-corrected chi connectivity index (χ0v) is 18.9. The minimum Gasteiger partial charge on any atom is -0.345 e. The summed E-state index contributed by atoms with van der Waals surface area (Å²) in [6.07, 6.45) is 0. The summed E-state index contributed by atoms with van der Waals surface area (Å²) in [5.74, 6) is 0. The lowest BCUT2D eigenvalue weighted by atomic mass is 10.1. The molecule has 0 heterocycles. The minimum absolute atomic E-state index is 0.219. The molecule has 2 N–H and O–H groups in total. The first-order valence-corrected chi connectivity index (χ1v) is 9.71. The first-order chi connectivity index (χ1) is 10.6. The maximum Gasteiger partial charge on any atom is 0.169 e. The number of hydrogen-bond donors (Lipinski definition) is 2. The summed E-state index contributed by atoms with van der Waals surface area (Å²) in [6.45, 7) is 26.6. The summed E-state index contributed by atoms with van der Waals surface area (Å²) >= 11 is 5.66. The van der Waals surface area contributed by atoms with Crippen LogP contribution in [0.2, 0.25) is 0 Å². The highest BCUT2D eigenvalue weighted by atomic mass is 32.1. The monoisotopic (exact) mass is 358 g/mol. The van der Waals surface area contributed by atoms with E-state index >= 15 is 0 Å². The molecule has 24 heavy (non-hydrogen) atoms. The molecule has 0 radical (unpaired) electrons. The zero-order valence-electron chi connectivity index (χ0n) is 18.1. The fraction of sp³-hybridized carbons (Fsp3) is 0.947. The summed E-state index contributed by atoms with van der Waals surface area (Å²) in [5.41, 5.74) is -0.439. The second kappa shape index (κ2) is 8.81. The molecule has 0 aromatic heterocycles. The van der Waals surface area contributed by atoms with Crippen LogP contribution in [0, 0.1) is 0 Å². The van der Waals surface area contributed by atoms with Gasteiger partial charge in [-0.25, -0.2) is 0 Å². The van der Waals surface area contributed by atoms with E-state index in [1.165, 1.54) is 0 Å². The van der Waals surface area contributed by atoms with Crippen molar-refractivity contribution in [2.75, 3.05) is 0 Å². The Balaban J connectivity index is 5.18. The van der Waals surface area contributed by atoms with Gasteiger partial charge in [0, 0.05) is 24.2 Å². The van der Waals surface area contributed by atoms with E-state index in [1.54, 1.807) is 0 Å². The van der Waals surface area contributed by atoms with Gasteiger partial charge in [0.15, 0.2) is 5.11 Å². The van der Waals surface area contributed by atoms with Crippen LogP contribution in [0.25, 0.3) is 0 Å². The summed E-state index contributed by atoms with van der Waals surface area (Å²) < 4.78 is 0. The fourth-order valence-electron chi connectivity index (χ4n) is 4.49. The molecule has 144 valence electrons. The topological polar surface area (TPSA) is 30.5 Å². The van der Waals surface area contributed by atoms with E-state index in [0.29, 0.717) is 29.3 Å². The van der Waals surface area contributed by atoms with Gasteiger partial charge in [-0.2, -0.15) is 0 Å². The maximum atomic E-state index is 5.66. The summed E-state index contributed by atoms with van der Waals surface area (Å²) in [6, 6.07) is 1.74. The van der Waals surface area contributed by atoms with Gasteiger partial charge < -0.3 is 10.6 Å². The third kappa shape index (κ3) is 6.49. The van der Waals surface area contributed by atoms with Gasteiger partial charge in [-0.1, -0.05) is 0 Å². The predicted octanol–water partition coefficient (Wildman–Crippen LogP) is 4.16. The number of rotatable bonds is 8. The number of hydrogen-bond acceptors (Lipinski definition) is 3.